The smallest absolute Gasteiger partial charge is 0.407 e. The van der Waals surface area contributed by atoms with Gasteiger partial charge in [-0.15, -0.1) is 0 Å². The molecule has 1 aromatic rings. The Hall–Kier alpha value is -1.93. The number of hydrogen-bond donors (Lipinski definition) is 3. The zero-order valence-electron chi connectivity index (χ0n) is 17.0. The molecule has 0 bridgehead atoms. The van der Waals surface area contributed by atoms with E-state index in [4.69, 9.17) is 4.74 Å². The van der Waals surface area contributed by atoms with Gasteiger partial charge in [0.25, 0.3) is 5.56 Å². The molecule has 0 saturated carbocycles. The van der Waals surface area contributed by atoms with Gasteiger partial charge >= 0.3 is 6.09 Å². The van der Waals surface area contributed by atoms with Crippen LogP contribution in [0.25, 0.3) is 0 Å². The van der Waals surface area contributed by atoms with E-state index in [0.29, 0.717) is 12.5 Å². The van der Waals surface area contributed by atoms with Crippen LogP contribution in [0.3, 0.4) is 0 Å². The topological polar surface area (TPSA) is 97.3 Å². The number of hydrogen-bond acceptors (Lipinski definition) is 6. The molecule has 1 saturated heterocycles. The van der Waals surface area contributed by atoms with E-state index in [-0.39, 0.29) is 17.6 Å². The van der Waals surface area contributed by atoms with Crippen molar-refractivity contribution in [2.45, 2.75) is 58.2 Å². The fourth-order valence-electron chi connectivity index (χ4n) is 3.24. The maximum atomic E-state index is 11.9. The van der Waals surface area contributed by atoms with E-state index in [0.717, 1.165) is 31.6 Å². The molecule has 1 fully saturated rings. The number of aromatic nitrogens is 2. The van der Waals surface area contributed by atoms with E-state index < -0.39 is 11.7 Å². The van der Waals surface area contributed by atoms with Crippen LogP contribution >= 0.6 is 0 Å². The van der Waals surface area contributed by atoms with Gasteiger partial charge in [0, 0.05) is 25.7 Å². The fraction of sp³-hybridized carbons (Fsp3) is 0.737. The molecule has 1 unspecified atom stereocenters. The van der Waals surface area contributed by atoms with Crippen LogP contribution in [0, 0.1) is 5.92 Å². The van der Waals surface area contributed by atoms with E-state index in [2.05, 4.69) is 21.0 Å². The minimum Gasteiger partial charge on any atom is -0.444 e. The first-order chi connectivity index (χ1) is 12.7. The highest BCUT2D eigenvalue weighted by Gasteiger charge is 2.27. The Morgan fingerprint density at radius 2 is 2.04 bits per heavy atom. The van der Waals surface area contributed by atoms with Gasteiger partial charge < -0.3 is 20.7 Å². The van der Waals surface area contributed by atoms with Crippen LogP contribution in [-0.2, 0) is 11.8 Å². The van der Waals surface area contributed by atoms with Crippen molar-refractivity contribution >= 4 is 6.09 Å². The Kier molecular flexibility index (Phi) is 7.38. The average Bonchev–Trinajstić information content (AvgIpc) is 2.57. The average molecular weight is 380 g/mol. The molecule has 3 N–H and O–H groups in total. The number of piperidine rings is 1. The third-order valence-electron chi connectivity index (χ3n) is 4.56. The zero-order chi connectivity index (χ0) is 20.0. The van der Waals surface area contributed by atoms with E-state index in [1.165, 1.54) is 4.68 Å². The summed E-state index contributed by atoms with van der Waals surface area (Å²) in [4.78, 5) is 23.6. The van der Waals surface area contributed by atoms with Crippen LogP contribution in [0.1, 0.15) is 52.3 Å². The van der Waals surface area contributed by atoms with Crippen LogP contribution < -0.4 is 21.5 Å². The number of amides is 1. The normalized spacial score (nSPS) is 18.0. The van der Waals surface area contributed by atoms with Crippen LogP contribution in [0.15, 0.2) is 16.9 Å². The first-order valence-corrected chi connectivity index (χ1v) is 9.63. The molecule has 8 heteroatoms. The van der Waals surface area contributed by atoms with E-state index in [9.17, 15) is 9.59 Å². The van der Waals surface area contributed by atoms with Crippen LogP contribution in [-0.4, -0.2) is 47.2 Å². The van der Waals surface area contributed by atoms with E-state index in [1.54, 1.807) is 19.2 Å². The number of alkyl carbamates (subject to hydrolysis) is 1. The van der Waals surface area contributed by atoms with Crippen LogP contribution in [0.4, 0.5) is 4.79 Å². The Balaban J connectivity index is 2.02. The second-order valence-electron chi connectivity index (χ2n) is 8.24. The SMILES string of the molecule is CC(CN[C@H](c1ccc(=O)n(C)n1)C1CCNCC1)NC(=O)OC(C)(C)C. The second kappa shape index (κ2) is 9.32. The van der Waals surface area contributed by atoms with Crippen molar-refractivity contribution in [3.05, 3.63) is 28.2 Å². The van der Waals surface area contributed by atoms with Gasteiger partial charge in [0.1, 0.15) is 5.60 Å². The van der Waals surface area contributed by atoms with E-state index >= 15 is 0 Å². The summed E-state index contributed by atoms with van der Waals surface area (Å²) < 4.78 is 6.68. The molecular weight excluding hydrogens is 346 g/mol. The standard InChI is InChI=1S/C19H33N5O3/c1-13(22-18(26)27-19(2,3)4)12-21-17(14-8-10-20-11-9-14)15-6-7-16(25)24(5)23-15/h6-7,13-14,17,20-21H,8-12H2,1-5H3,(H,22,26)/t13?,17-/m0/s1. The summed E-state index contributed by atoms with van der Waals surface area (Å²) in [7, 11) is 1.66. The summed E-state index contributed by atoms with van der Waals surface area (Å²) in [6, 6.07) is 3.28. The predicted octanol–water partition coefficient (Wildman–Crippen LogP) is 1.32. The molecule has 8 nitrogen and oxygen atoms in total. The van der Waals surface area contributed by atoms with Crippen molar-refractivity contribution < 1.29 is 9.53 Å². The lowest BCUT2D eigenvalue weighted by atomic mass is 9.88. The molecule has 2 rings (SSSR count). The van der Waals surface area contributed by atoms with Crippen LogP contribution in [0.2, 0.25) is 0 Å². The number of nitrogens with zero attached hydrogens (tertiary/aromatic N) is 2. The Labute approximate surface area is 161 Å². The molecule has 1 aliphatic heterocycles. The number of nitrogens with one attached hydrogen (secondary N) is 3. The van der Waals surface area contributed by atoms with E-state index in [1.807, 2.05) is 27.7 Å². The molecule has 0 aliphatic carbocycles. The summed E-state index contributed by atoms with van der Waals surface area (Å²) in [5, 5.41) is 14.2. The molecule has 1 aromatic heterocycles. The van der Waals surface area contributed by atoms with Crippen molar-refractivity contribution in [2.24, 2.45) is 13.0 Å². The van der Waals surface area contributed by atoms with Gasteiger partial charge in [-0.1, -0.05) is 0 Å². The third-order valence-corrected chi connectivity index (χ3v) is 4.56. The summed E-state index contributed by atoms with van der Waals surface area (Å²) in [6.45, 7) is 9.99. The Morgan fingerprint density at radius 1 is 1.37 bits per heavy atom. The quantitative estimate of drug-likeness (QED) is 0.690. The summed E-state index contributed by atoms with van der Waals surface area (Å²) in [5.41, 5.74) is 0.212. The number of ether oxygens (including phenoxy) is 1. The molecule has 0 aromatic carbocycles. The third kappa shape index (κ3) is 6.95. The first-order valence-electron chi connectivity index (χ1n) is 9.63. The molecule has 27 heavy (non-hydrogen) atoms. The molecular formula is C19H33N5O3. The molecule has 2 heterocycles. The zero-order valence-corrected chi connectivity index (χ0v) is 17.0. The van der Waals surface area contributed by atoms with Gasteiger partial charge in [0.15, 0.2) is 0 Å². The minimum atomic E-state index is -0.520. The van der Waals surface area contributed by atoms with Gasteiger partial charge in [-0.05, 0) is 65.6 Å². The molecule has 152 valence electrons. The predicted molar refractivity (Wildman–Crippen MR) is 105 cm³/mol. The molecule has 1 aliphatic rings. The highest BCUT2D eigenvalue weighted by Crippen LogP contribution is 2.27. The minimum absolute atomic E-state index is 0.0294. The van der Waals surface area contributed by atoms with Crippen molar-refractivity contribution in [3.63, 3.8) is 0 Å². The van der Waals surface area contributed by atoms with Crippen molar-refractivity contribution in [3.8, 4) is 0 Å². The molecule has 0 radical (unpaired) electrons. The van der Waals surface area contributed by atoms with Gasteiger partial charge in [-0.25, -0.2) is 9.48 Å². The number of aryl methyl sites for hydroxylation is 1. The number of rotatable bonds is 6. The van der Waals surface area contributed by atoms with Gasteiger partial charge in [0.2, 0.25) is 0 Å². The summed E-state index contributed by atoms with van der Waals surface area (Å²) in [6.07, 6.45) is 1.65. The van der Waals surface area contributed by atoms with Gasteiger partial charge in [0.05, 0.1) is 11.7 Å². The fourth-order valence-corrected chi connectivity index (χ4v) is 3.24. The molecule has 0 spiro atoms. The second-order valence-corrected chi connectivity index (χ2v) is 8.24. The monoisotopic (exact) mass is 379 g/mol. The number of carbonyl (C=O) groups is 1. The Morgan fingerprint density at radius 3 is 2.63 bits per heavy atom. The first kappa shape index (κ1) is 21.4. The highest BCUT2D eigenvalue weighted by molar-refractivity contribution is 5.68. The van der Waals surface area contributed by atoms with Crippen molar-refractivity contribution in [2.75, 3.05) is 19.6 Å². The molecule has 1 amide bonds. The lowest BCUT2D eigenvalue weighted by Gasteiger charge is -2.32. The maximum Gasteiger partial charge on any atom is 0.407 e. The van der Waals surface area contributed by atoms with Crippen LogP contribution in [0.5, 0.6) is 0 Å². The maximum absolute atomic E-state index is 11.9. The summed E-state index contributed by atoms with van der Waals surface area (Å²) >= 11 is 0. The van der Waals surface area contributed by atoms with Gasteiger partial charge in [-0.3, -0.25) is 4.79 Å². The lowest BCUT2D eigenvalue weighted by Crippen LogP contribution is -2.45. The van der Waals surface area contributed by atoms with Crippen molar-refractivity contribution in [1.82, 2.24) is 25.7 Å². The largest absolute Gasteiger partial charge is 0.444 e. The molecule has 2 atom stereocenters. The van der Waals surface area contributed by atoms with Gasteiger partial charge in [-0.2, -0.15) is 5.10 Å². The number of carbonyl (C=O) groups excluding carboxylic acids is 1. The van der Waals surface area contributed by atoms with Crippen molar-refractivity contribution in [1.29, 1.82) is 0 Å². The lowest BCUT2D eigenvalue weighted by molar-refractivity contribution is 0.0507. The highest BCUT2D eigenvalue weighted by atomic mass is 16.6. The summed E-state index contributed by atoms with van der Waals surface area (Å²) in [5.74, 6) is 0.421. The Bertz CT molecular complexity index is 677.